The van der Waals surface area contributed by atoms with E-state index in [4.69, 9.17) is 0 Å². The van der Waals surface area contributed by atoms with E-state index in [1.54, 1.807) is 0 Å². The van der Waals surface area contributed by atoms with Crippen molar-refractivity contribution >= 4 is 0 Å². The summed E-state index contributed by atoms with van der Waals surface area (Å²) < 4.78 is 0. The van der Waals surface area contributed by atoms with E-state index in [-0.39, 0.29) is 0 Å². The van der Waals surface area contributed by atoms with Crippen LogP contribution in [0.2, 0.25) is 0 Å². The first-order chi connectivity index (χ1) is 9.69. The van der Waals surface area contributed by atoms with Crippen LogP contribution < -0.4 is 5.32 Å². The highest BCUT2D eigenvalue weighted by molar-refractivity contribution is 5.15. The van der Waals surface area contributed by atoms with Crippen molar-refractivity contribution < 1.29 is 0 Å². The van der Waals surface area contributed by atoms with Gasteiger partial charge >= 0.3 is 0 Å². The highest BCUT2D eigenvalue weighted by atomic mass is 15.1. The molecule has 3 unspecified atom stereocenters. The molecule has 1 saturated heterocycles. The monoisotopic (exact) mass is 274 g/mol. The van der Waals surface area contributed by atoms with Crippen molar-refractivity contribution in [3.8, 4) is 0 Å². The van der Waals surface area contributed by atoms with Gasteiger partial charge in [0, 0.05) is 18.6 Å². The molecule has 1 heterocycles. The third-order valence-electron chi connectivity index (χ3n) is 4.63. The first-order valence-corrected chi connectivity index (χ1v) is 8.21. The molecule has 0 aromatic heterocycles. The molecule has 1 N–H and O–H groups in total. The second-order valence-corrected chi connectivity index (χ2v) is 6.34. The van der Waals surface area contributed by atoms with Crippen LogP contribution in [0.15, 0.2) is 30.3 Å². The molecule has 0 bridgehead atoms. The molecular formula is C18H30N2. The van der Waals surface area contributed by atoms with Gasteiger partial charge in [0.15, 0.2) is 0 Å². The molecule has 1 aliphatic rings. The molecule has 2 rings (SSSR count). The van der Waals surface area contributed by atoms with Gasteiger partial charge in [-0.2, -0.15) is 0 Å². The van der Waals surface area contributed by atoms with Crippen molar-refractivity contribution in [3.63, 3.8) is 0 Å². The van der Waals surface area contributed by atoms with Crippen LogP contribution in [0.25, 0.3) is 0 Å². The zero-order valence-electron chi connectivity index (χ0n) is 13.3. The van der Waals surface area contributed by atoms with Gasteiger partial charge in [-0.15, -0.1) is 0 Å². The van der Waals surface area contributed by atoms with Gasteiger partial charge in [0.05, 0.1) is 0 Å². The molecule has 1 aromatic rings. The van der Waals surface area contributed by atoms with Crippen molar-refractivity contribution in [1.29, 1.82) is 0 Å². The number of hydrogen-bond acceptors (Lipinski definition) is 2. The van der Waals surface area contributed by atoms with Gasteiger partial charge in [-0.1, -0.05) is 37.3 Å². The number of nitrogens with zero attached hydrogens (tertiary/aromatic N) is 1. The molecule has 0 spiro atoms. The van der Waals surface area contributed by atoms with E-state index < -0.39 is 0 Å². The Morgan fingerprint density at radius 2 is 2.00 bits per heavy atom. The fraction of sp³-hybridized carbons (Fsp3) is 0.667. The van der Waals surface area contributed by atoms with Gasteiger partial charge in [-0.3, -0.25) is 0 Å². The quantitative estimate of drug-likeness (QED) is 0.856. The van der Waals surface area contributed by atoms with Crippen LogP contribution in [0, 0.1) is 5.92 Å². The molecular weight excluding hydrogens is 244 g/mol. The first-order valence-electron chi connectivity index (χ1n) is 8.21. The Bertz CT molecular complexity index is 376. The lowest BCUT2D eigenvalue weighted by atomic mass is 9.91. The zero-order valence-corrected chi connectivity index (χ0v) is 13.3. The third kappa shape index (κ3) is 4.60. The van der Waals surface area contributed by atoms with Crippen molar-refractivity contribution in [2.24, 2.45) is 5.92 Å². The Kier molecular flexibility index (Phi) is 6.06. The van der Waals surface area contributed by atoms with Gasteiger partial charge < -0.3 is 10.2 Å². The Morgan fingerprint density at radius 1 is 1.25 bits per heavy atom. The molecule has 0 amide bonds. The van der Waals surface area contributed by atoms with E-state index in [9.17, 15) is 0 Å². The zero-order chi connectivity index (χ0) is 14.4. The van der Waals surface area contributed by atoms with Crippen molar-refractivity contribution in [2.75, 3.05) is 19.6 Å². The van der Waals surface area contributed by atoms with Gasteiger partial charge in [0.1, 0.15) is 0 Å². The summed E-state index contributed by atoms with van der Waals surface area (Å²) in [4.78, 5) is 2.59. The molecule has 0 saturated carbocycles. The molecule has 2 nitrogen and oxygen atoms in total. The minimum absolute atomic E-state index is 0.546. The fourth-order valence-electron chi connectivity index (χ4n) is 3.40. The molecule has 3 atom stereocenters. The average molecular weight is 274 g/mol. The average Bonchev–Trinajstić information content (AvgIpc) is 2.48. The summed E-state index contributed by atoms with van der Waals surface area (Å²) in [6.07, 6.45) is 3.86. The van der Waals surface area contributed by atoms with E-state index in [0.29, 0.717) is 12.1 Å². The van der Waals surface area contributed by atoms with E-state index in [0.717, 1.165) is 12.3 Å². The van der Waals surface area contributed by atoms with E-state index in [1.165, 1.54) is 38.0 Å². The van der Waals surface area contributed by atoms with E-state index >= 15 is 0 Å². The number of nitrogens with one attached hydrogen (secondary N) is 1. The molecule has 20 heavy (non-hydrogen) atoms. The Morgan fingerprint density at radius 3 is 2.70 bits per heavy atom. The van der Waals surface area contributed by atoms with Gasteiger partial charge in [0.25, 0.3) is 0 Å². The minimum atomic E-state index is 0.546. The summed E-state index contributed by atoms with van der Waals surface area (Å²) in [6.45, 7) is 10.7. The Hall–Kier alpha value is -0.860. The van der Waals surface area contributed by atoms with Crippen molar-refractivity contribution in [2.45, 2.75) is 52.1 Å². The Balaban J connectivity index is 1.79. The number of benzene rings is 1. The van der Waals surface area contributed by atoms with Crippen LogP contribution in [0.5, 0.6) is 0 Å². The number of rotatable bonds is 6. The number of piperidine rings is 1. The maximum Gasteiger partial charge on any atom is 0.00818 e. The Labute approximate surface area is 124 Å². The minimum Gasteiger partial charge on any atom is -0.311 e. The first kappa shape index (κ1) is 15.5. The smallest absolute Gasteiger partial charge is 0.00818 e. The SMILES string of the molecule is CCN1CCCC(C(C)NC(C)Cc2ccccc2)C1. The van der Waals surface area contributed by atoms with Gasteiger partial charge in [0.2, 0.25) is 0 Å². The lowest BCUT2D eigenvalue weighted by molar-refractivity contribution is 0.153. The second kappa shape index (κ2) is 7.80. The van der Waals surface area contributed by atoms with Crippen molar-refractivity contribution in [1.82, 2.24) is 10.2 Å². The number of likely N-dealkylation sites (tertiary alicyclic amines) is 1. The molecule has 1 aliphatic heterocycles. The van der Waals surface area contributed by atoms with Crippen LogP contribution in [0.3, 0.4) is 0 Å². The summed E-state index contributed by atoms with van der Waals surface area (Å²) in [6, 6.07) is 12.0. The lowest BCUT2D eigenvalue weighted by Gasteiger charge is -2.36. The molecule has 2 heteroatoms. The maximum absolute atomic E-state index is 3.82. The highest BCUT2D eigenvalue weighted by Gasteiger charge is 2.24. The van der Waals surface area contributed by atoms with Crippen LogP contribution >= 0.6 is 0 Å². The van der Waals surface area contributed by atoms with Crippen LogP contribution in [-0.4, -0.2) is 36.6 Å². The van der Waals surface area contributed by atoms with E-state index in [1.807, 2.05) is 0 Å². The predicted molar refractivity (Wildman–Crippen MR) is 87.0 cm³/mol. The summed E-state index contributed by atoms with van der Waals surface area (Å²) in [5.74, 6) is 0.807. The highest BCUT2D eigenvalue weighted by Crippen LogP contribution is 2.20. The summed E-state index contributed by atoms with van der Waals surface area (Å²) in [7, 11) is 0. The molecule has 1 fully saturated rings. The molecule has 1 aromatic carbocycles. The summed E-state index contributed by atoms with van der Waals surface area (Å²) in [5.41, 5.74) is 1.43. The van der Waals surface area contributed by atoms with Gasteiger partial charge in [-0.05, 0) is 57.7 Å². The summed E-state index contributed by atoms with van der Waals surface area (Å²) in [5, 5.41) is 3.82. The maximum atomic E-state index is 3.82. The molecule has 0 radical (unpaired) electrons. The third-order valence-corrected chi connectivity index (χ3v) is 4.63. The van der Waals surface area contributed by atoms with Crippen molar-refractivity contribution in [3.05, 3.63) is 35.9 Å². The van der Waals surface area contributed by atoms with Crippen LogP contribution in [-0.2, 0) is 6.42 Å². The predicted octanol–water partition coefficient (Wildman–Crippen LogP) is 3.33. The van der Waals surface area contributed by atoms with Crippen LogP contribution in [0.1, 0.15) is 39.2 Å². The number of hydrogen-bond donors (Lipinski definition) is 1. The van der Waals surface area contributed by atoms with Gasteiger partial charge in [-0.25, -0.2) is 0 Å². The second-order valence-electron chi connectivity index (χ2n) is 6.34. The molecule has 0 aliphatic carbocycles. The topological polar surface area (TPSA) is 15.3 Å². The normalized spacial score (nSPS) is 23.4. The van der Waals surface area contributed by atoms with Crippen LogP contribution in [0.4, 0.5) is 0 Å². The summed E-state index contributed by atoms with van der Waals surface area (Å²) >= 11 is 0. The largest absolute Gasteiger partial charge is 0.311 e. The fourth-order valence-corrected chi connectivity index (χ4v) is 3.40. The molecule has 112 valence electrons. The van der Waals surface area contributed by atoms with E-state index in [2.05, 4.69) is 61.3 Å². The standard InChI is InChI=1S/C18H30N2/c1-4-20-12-8-11-18(14-20)16(3)19-15(2)13-17-9-6-5-7-10-17/h5-7,9-10,15-16,18-19H,4,8,11-14H2,1-3H3. The lowest BCUT2D eigenvalue weighted by Crippen LogP contribution is -2.47.